The van der Waals surface area contributed by atoms with Crippen LogP contribution in [0, 0.1) is 5.92 Å². The zero-order valence-corrected chi connectivity index (χ0v) is 19.7. The minimum Gasteiger partial charge on any atom is -0.506 e. The van der Waals surface area contributed by atoms with Crippen molar-refractivity contribution >= 4 is 43.6 Å². The van der Waals surface area contributed by atoms with E-state index in [4.69, 9.17) is 0 Å². The summed E-state index contributed by atoms with van der Waals surface area (Å²) >= 11 is 0. The Morgan fingerprint density at radius 3 is 2.64 bits per heavy atom. The van der Waals surface area contributed by atoms with Gasteiger partial charge in [-0.1, -0.05) is 13.8 Å². The molecular formula is C22H19F3N6O4S. The number of alkyl halides is 3. The van der Waals surface area contributed by atoms with Gasteiger partial charge in [-0.05, 0) is 36.6 Å². The van der Waals surface area contributed by atoms with Crippen LogP contribution in [0.1, 0.15) is 31.7 Å². The summed E-state index contributed by atoms with van der Waals surface area (Å²) in [4.78, 5) is 22.6. The Morgan fingerprint density at radius 1 is 1.19 bits per heavy atom. The van der Waals surface area contributed by atoms with Gasteiger partial charge in [0.05, 0.1) is 16.6 Å². The van der Waals surface area contributed by atoms with Gasteiger partial charge in [-0.3, -0.25) is 9.36 Å². The van der Waals surface area contributed by atoms with Gasteiger partial charge in [0.2, 0.25) is 5.82 Å². The van der Waals surface area contributed by atoms with Gasteiger partial charge in [0.25, 0.3) is 15.6 Å². The molecule has 1 aliphatic rings. The maximum Gasteiger partial charge on any atom is 0.449 e. The molecule has 0 spiro atoms. The molecule has 0 radical (unpaired) electrons. The van der Waals surface area contributed by atoms with E-state index in [1.807, 2.05) is 13.8 Å². The number of aromatic nitrogens is 4. The number of hydrogen-bond donors (Lipinski definition) is 3. The van der Waals surface area contributed by atoms with Crippen LogP contribution in [0.3, 0.4) is 0 Å². The smallest absolute Gasteiger partial charge is 0.449 e. The number of imidazole rings is 1. The fourth-order valence-corrected chi connectivity index (χ4v) is 5.31. The SMILES string of the molecule is CC(C)CCn1c(=O)c(C2=NS(=O)(=O)c3c(ccc4[nH]c(C(F)(F)F)nc34)N2)c(O)c2cccnc21. The van der Waals surface area contributed by atoms with E-state index in [9.17, 15) is 31.5 Å². The van der Waals surface area contributed by atoms with E-state index in [1.54, 1.807) is 6.07 Å². The van der Waals surface area contributed by atoms with Crippen molar-refractivity contribution < 1.29 is 26.7 Å². The van der Waals surface area contributed by atoms with Crippen LogP contribution in [0.25, 0.3) is 22.1 Å². The number of sulfonamides is 1. The van der Waals surface area contributed by atoms with Gasteiger partial charge in [0.1, 0.15) is 27.4 Å². The third kappa shape index (κ3) is 3.77. The summed E-state index contributed by atoms with van der Waals surface area (Å²) in [5.74, 6) is -2.10. The van der Waals surface area contributed by atoms with Gasteiger partial charge in [-0.15, -0.1) is 4.40 Å². The van der Waals surface area contributed by atoms with Crippen LogP contribution in [0.5, 0.6) is 5.75 Å². The van der Waals surface area contributed by atoms with Gasteiger partial charge in [0, 0.05) is 12.7 Å². The molecule has 4 heterocycles. The van der Waals surface area contributed by atoms with E-state index in [0.717, 1.165) is 0 Å². The predicted molar refractivity (Wildman–Crippen MR) is 126 cm³/mol. The first kappa shape index (κ1) is 23.8. The first-order valence-electron chi connectivity index (χ1n) is 10.8. The number of fused-ring (bicyclic) bond motifs is 4. The molecule has 0 saturated carbocycles. The zero-order chi connectivity index (χ0) is 26.0. The molecule has 0 unspecified atom stereocenters. The van der Waals surface area contributed by atoms with E-state index in [0.29, 0.717) is 6.42 Å². The molecule has 3 aromatic heterocycles. The second-order valence-corrected chi connectivity index (χ2v) is 10.2. The van der Waals surface area contributed by atoms with Crippen LogP contribution in [0.15, 0.2) is 44.6 Å². The Labute approximate surface area is 201 Å². The van der Waals surface area contributed by atoms with E-state index < -0.39 is 55.1 Å². The van der Waals surface area contributed by atoms with Crippen molar-refractivity contribution in [2.24, 2.45) is 10.3 Å². The van der Waals surface area contributed by atoms with Crippen LogP contribution in [-0.2, 0) is 22.7 Å². The molecule has 0 bridgehead atoms. The number of benzene rings is 1. The fourth-order valence-electron chi connectivity index (χ4n) is 4.04. The van der Waals surface area contributed by atoms with Crippen LogP contribution in [-0.4, -0.2) is 38.9 Å². The molecule has 0 amide bonds. The van der Waals surface area contributed by atoms with Crippen LogP contribution >= 0.6 is 0 Å². The van der Waals surface area contributed by atoms with E-state index in [2.05, 4.69) is 24.7 Å². The Hall–Kier alpha value is -3.94. The summed E-state index contributed by atoms with van der Waals surface area (Å²) in [6, 6.07) is 5.55. The van der Waals surface area contributed by atoms with Crippen molar-refractivity contribution in [2.45, 2.75) is 37.9 Å². The lowest BCUT2D eigenvalue weighted by Gasteiger charge is -2.20. The second-order valence-electron chi connectivity index (χ2n) is 8.70. The molecule has 5 rings (SSSR count). The highest BCUT2D eigenvalue weighted by Crippen LogP contribution is 2.37. The molecule has 1 aliphatic heterocycles. The van der Waals surface area contributed by atoms with Crippen molar-refractivity contribution in [1.29, 1.82) is 0 Å². The number of hydrogen-bond acceptors (Lipinski definition) is 7. The average Bonchev–Trinajstić information content (AvgIpc) is 3.23. The molecule has 14 heteroatoms. The Kier molecular flexibility index (Phi) is 5.32. The van der Waals surface area contributed by atoms with Gasteiger partial charge < -0.3 is 15.4 Å². The summed E-state index contributed by atoms with van der Waals surface area (Å²) in [7, 11) is -4.62. The summed E-state index contributed by atoms with van der Waals surface area (Å²) in [5, 5.41) is 13.9. The minimum absolute atomic E-state index is 0.133. The lowest BCUT2D eigenvalue weighted by molar-refractivity contribution is -0.144. The van der Waals surface area contributed by atoms with Crippen molar-refractivity contribution in [3.63, 3.8) is 0 Å². The molecule has 0 aliphatic carbocycles. The molecule has 0 fully saturated rings. The molecule has 3 N–H and O–H groups in total. The van der Waals surface area contributed by atoms with Crippen LogP contribution in [0.4, 0.5) is 18.9 Å². The fraction of sp³-hybridized carbons (Fsp3) is 0.273. The monoisotopic (exact) mass is 520 g/mol. The highest BCUT2D eigenvalue weighted by Gasteiger charge is 2.38. The van der Waals surface area contributed by atoms with Gasteiger partial charge in [-0.2, -0.15) is 21.6 Å². The summed E-state index contributed by atoms with van der Waals surface area (Å²) in [6.45, 7) is 4.19. The van der Waals surface area contributed by atoms with Gasteiger partial charge >= 0.3 is 6.18 Å². The second kappa shape index (κ2) is 8.05. The number of nitrogens with one attached hydrogen (secondary N) is 2. The van der Waals surface area contributed by atoms with Crippen molar-refractivity contribution in [3.8, 4) is 5.75 Å². The Bertz CT molecular complexity index is 1740. The van der Waals surface area contributed by atoms with E-state index in [-0.39, 0.29) is 34.7 Å². The quantitative estimate of drug-likeness (QED) is 0.373. The Balaban J connectivity index is 1.72. The number of anilines is 1. The largest absolute Gasteiger partial charge is 0.506 e. The van der Waals surface area contributed by atoms with E-state index >= 15 is 0 Å². The summed E-state index contributed by atoms with van der Waals surface area (Å²) in [6.07, 6.45) is -2.75. The van der Waals surface area contributed by atoms with Crippen molar-refractivity contribution in [3.05, 3.63) is 52.2 Å². The first-order chi connectivity index (χ1) is 16.9. The number of aryl methyl sites for hydroxylation is 1. The highest BCUT2D eigenvalue weighted by molar-refractivity contribution is 7.90. The summed E-state index contributed by atoms with van der Waals surface area (Å²) in [5.41, 5.74) is -1.62. The van der Waals surface area contributed by atoms with Crippen LogP contribution < -0.4 is 10.9 Å². The molecular weight excluding hydrogens is 501 g/mol. The number of aromatic hydroxyl groups is 1. The normalized spacial score (nSPS) is 15.2. The predicted octanol–water partition coefficient (Wildman–Crippen LogP) is 3.60. The van der Waals surface area contributed by atoms with E-state index in [1.165, 1.54) is 29.0 Å². The van der Waals surface area contributed by atoms with Crippen molar-refractivity contribution in [1.82, 2.24) is 19.5 Å². The maximum absolute atomic E-state index is 13.5. The lowest BCUT2D eigenvalue weighted by atomic mass is 10.1. The number of H-pyrrole nitrogens is 1. The lowest BCUT2D eigenvalue weighted by Crippen LogP contribution is -2.33. The standard InChI is InChI=1S/C22H19F3N6O4S/c1-10(2)7-9-31-19-11(4-3-8-26-19)16(32)14(20(31)33)18-27-13-6-5-12-15(17(13)36(34,35)30-18)29-21(28-12)22(23,24)25/h3-6,8,10,32H,7,9H2,1-2H3,(H,27,30)(H,28,29). The molecule has 36 heavy (non-hydrogen) atoms. The molecule has 0 atom stereocenters. The maximum atomic E-state index is 13.5. The minimum atomic E-state index is -4.82. The number of amidine groups is 1. The number of halogens is 3. The Morgan fingerprint density at radius 2 is 1.94 bits per heavy atom. The number of rotatable bonds is 4. The van der Waals surface area contributed by atoms with Crippen molar-refractivity contribution in [2.75, 3.05) is 5.32 Å². The zero-order valence-electron chi connectivity index (χ0n) is 18.9. The number of nitrogens with zero attached hydrogens (tertiary/aromatic N) is 4. The third-order valence-electron chi connectivity index (χ3n) is 5.76. The first-order valence-corrected chi connectivity index (χ1v) is 12.2. The molecule has 10 nitrogen and oxygen atoms in total. The van der Waals surface area contributed by atoms with Gasteiger partial charge in [0.15, 0.2) is 5.84 Å². The molecule has 188 valence electrons. The topological polar surface area (TPSA) is 142 Å². The van der Waals surface area contributed by atoms with Gasteiger partial charge in [-0.25, -0.2) is 9.97 Å². The number of pyridine rings is 2. The molecule has 4 aromatic rings. The molecule has 1 aromatic carbocycles. The third-order valence-corrected chi connectivity index (χ3v) is 7.11. The highest BCUT2D eigenvalue weighted by atomic mass is 32.2. The molecule has 0 saturated heterocycles. The average molecular weight is 520 g/mol. The van der Waals surface area contributed by atoms with Crippen LogP contribution in [0.2, 0.25) is 0 Å². The summed E-state index contributed by atoms with van der Waals surface area (Å²) < 4.78 is 70.7. The number of aromatic amines is 1.